The number of rotatable bonds is 3. The molecule has 0 bridgehead atoms. The quantitative estimate of drug-likeness (QED) is 0.202. The van der Waals surface area contributed by atoms with E-state index in [-0.39, 0.29) is 0 Å². The summed E-state index contributed by atoms with van der Waals surface area (Å²) in [6.07, 6.45) is 0. The van der Waals surface area contributed by atoms with Crippen molar-refractivity contribution in [3.8, 4) is 45.6 Å². The highest BCUT2D eigenvalue weighted by Gasteiger charge is 2.28. The van der Waals surface area contributed by atoms with Crippen LogP contribution in [0.25, 0.3) is 77.8 Å². The number of aryl methyl sites for hydroxylation is 2. The van der Waals surface area contributed by atoms with Crippen molar-refractivity contribution < 1.29 is 4.74 Å². The molecule has 1 aliphatic rings. The first-order valence-electron chi connectivity index (χ1n) is 15.9. The van der Waals surface area contributed by atoms with E-state index in [4.69, 9.17) is 14.7 Å². The second kappa shape index (κ2) is 9.65. The molecule has 0 unspecified atom stereocenters. The summed E-state index contributed by atoms with van der Waals surface area (Å²) in [4.78, 5) is 10.8. The summed E-state index contributed by atoms with van der Waals surface area (Å²) < 4.78 is 11.0. The number of para-hydroxylation sites is 3. The average molecular weight is 605 g/mol. The summed E-state index contributed by atoms with van der Waals surface area (Å²) in [5.74, 6) is 2.23. The van der Waals surface area contributed by atoms with Crippen LogP contribution in [0.5, 0.6) is 11.5 Å². The lowest BCUT2D eigenvalue weighted by Crippen LogP contribution is -2.08. The third-order valence-corrected chi connectivity index (χ3v) is 9.67. The van der Waals surface area contributed by atoms with Crippen LogP contribution in [0.15, 0.2) is 133 Å². The van der Waals surface area contributed by atoms with E-state index in [0.29, 0.717) is 5.95 Å². The van der Waals surface area contributed by atoms with Crippen molar-refractivity contribution in [1.29, 1.82) is 0 Å². The van der Waals surface area contributed by atoms with Gasteiger partial charge in [-0.1, -0.05) is 84.9 Å². The van der Waals surface area contributed by atoms with Gasteiger partial charge in [-0.25, -0.2) is 9.97 Å². The molecule has 0 amide bonds. The van der Waals surface area contributed by atoms with Gasteiger partial charge in [-0.05, 0) is 73.5 Å². The van der Waals surface area contributed by atoms with Gasteiger partial charge in [0, 0.05) is 33.0 Å². The van der Waals surface area contributed by atoms with E-state index in [9.17, 15) is 0 Å². The van der Waals surface area contributed by atoms with E-state index in [2.05, 4.69) is 126 Å². The lowest BCUT2D eigenvalue weighted by molar-refractivity contribution is 0.486. The zero-order chi connectivity index (χ0) is 31.2. The smallest absolute Gasteiger partial charge is 0.235 e. The number of ether oxygens (including phenoxy) is 1. The summed E-state index contributed by atoms with van der Waals surface area (Å²) in [5.41, 5.74) is 11.9. The lowest BCUT2D eigenvalue weighted by atomic mass is 10.0. The van der Waals surface area contributed by atoms with E-state index in [0.717, 1.165) is 67.2 Å². The molecule has 0 atom stereocenters. The molecule has 0 aliphatic carbocycles. The second-order valence-electron chi connectivity index (χ2n) is 12.3. The largest absolute Gasteiger partial charge is 0.456 e. The minimum absolute atomic E-state index is 0.641. The molecule has 0 saturated heterocycles. The number of hydrogen-bond donors (Lipinski definition) is 0. The number of hydrogen-bond acceptors (Lipinski definition) is 3. The van der Waals surface area contributed by atoms with Crippen LogP contribution in [0, 0.1) is 13.8 Å². The first-order valence-corrected chi connectivity index (χ1v) is 15.9. The molecule has 222 valence electrons. The Morgan fingerprint density at radius 3 is 2.15 bits per heavy atom. The topological polar surface area (TPSA) is 44.9 Å². The Morgan fingerprint density at radius 2 is 1.28 bits per heavy atom. The Hall–Kier alpha value is -6.20. The third kappa shape index (κ3) is 3.59. The number of benzene rings is 6. The SMILES string of the molecule is Cc1ccccc1-c1c(C)c2ccc3c(c4ccccc4n3-c3ccccc3)c2n1-c1nc2c3c(cccc3n1)Oc1ccccc1-2. The molecule has 6 aromatic carbocycles. The van der Waals surface area contributed by atoms with Crippen molar-refractivity contribution in [2.75, 3.05) is 0 Å². The molecule has 5 heteroatoms. The lowest BCUT2D eigenvalue weighted by Gasteiger charge is -2.21. The van der Waals surface area contributed by atoms with Gasteiger partial charge in [-0.2, -0.15) is 0 Å². The Labute approximate surface area is 271 Å². The van der Waals surface area contributed by atoms with Crippen LogP contribution in [0.2, 0.25) is 0 Å². The monoisotopic (exact) mass is 604 g/mol. The molecule has 3 aromatic heterocycles. The van der Waals surface area contributed by atoms with E-state index in [1.165, 1.54) is 27.3 Å². The fourth-order valence-electron chi connectivity index (χ4n) is 7.59. The molecule has 10 rings (SSSR count). The van der Waals surface area contributed by atoms with Crippen LogP contribution in [0.3, 0.4) is 0 Å². The molecule has 9 aromatic rings. The molecule has 0 N–H and O–H groups in total. The number of nitrogens with zero attached hydrogens (tertiary/aromatic N) is 4. The molecule has 0 fully saturated rings. The summed E-state index contributed by atoms with van der Waals surface area (Å²) in [5, 5.41) is 4.49. The van der Waals surface area contributed by atoms with Crippen molar-refractivity contribution in [3.05, 3.63) is 145 Å². The fraction of sp³-hybridized carbons (Fsp3) is 0.0476. The maximum atomic E-state index is 6.34. The summed E-state index contributed by atoms with van der Waals surface area (Å²) >= 11 is 0. The van der Waals surface area contributed by atoms with Gasteiger partial charge < -0.3 is 9.30 Å². The maximum Gasteiger partial charge on any atom is 0.235 e. The van der Waals surface area contributed by atoms with Crippen LogP contribution >= 0.6 is 0 Å². The Morgan fingerprint density at radius 1 is 0.532 bits per heavy atom. The van der Waals surface area contributed by atoms with Crippen LogP contribution in [0.4, 0.5) is 0 Å². The number of aromatic nitrogens is 4. The second-order valence-corrected chi connectivity index (χ2v) is 12.3. The van der Waals surface area contributed by atoms with Crippen LogP contribution < -0.4 is 4.74 Å². The molecular formula is C42H28N4O. The standard InChI is InChI=1S/C42H28N4O/c1-25-13-6-7-16-28(25)40-26(2)29-23-24-34-37(30-17-8-10-20-33(30)45(34)27-14-4-3-5-15-27)41(29)46(40)42-43-32-19-12-22-36-38(32)39(44-42)31-18-9-11-21-35(31)47-36/h3-24H,1-2H3. The fourth-order valence-corrected chi connectivity index (χ4v) is 7.59. The summed E-state index contributed by atoms with van der Waals surface area (Å²) in [6.45, 7) is 4.41. The highest BCUT2D eigenvalue weighted by molar-refractivity contribution is 6.22. The van der Waals surface area contributed by atoms with E-state index < -0.39 is 0 Å². The molecule has 4 heterocycles. The van der Waals surface area contributed by atoms with E-state index >= 15 is 0 Å². The zero-order valence-corrected chi connectivity index (χ0v) is 25.9. The minimum Gasteiger partial charge on any atom is -0.456 e. The molecule has 0 spiro atoms. The predicted octanol–water partition coefficient (Wildman–Crippen LogP) is 10.7. The summed E-state index contributed by atoms with van der Waals surface area (Å²) in [7, 11) is 0. The van der Waals surface area contributed by atoms with Crippen LogP contribution in [-0.2, 0) is 0 Å². The van der Waals surface area contributed by atoms with Gasteiger partial charge in [0.25, 0.3) is 0 Å². The van der Waals surface area contributed by atoms with E-state index in [1.54, 1.807) is 0 Å². The van der Waals surface area contributed by atoms with Crippen molar-refractivity contribution in [2.45, 2.75) is 13.8 Å². The third-order valence-electron chi connectivity index (χ3n) is 9.67. The predicted molar refractivity (Wildman–Crippen MR) is 191 cm³/mol. The van der Waals surface area contributed by atoms with Gasteiger partial charge in [0.1, 0.15) is 11.5 Å². The van der Waals surface area contributed by atoms with Gasteiger partial charge in [0.15, 0.2) is 0 Å². The first kappa shape index (κ1) is 26.1. The minimum atomic E-state index is 0.641. The first-order chi connectivity index (χ1) is 23.2. The van der Waals surface area contributed by atoms with Gasteiger partial charge in [0.2, 0.25) is 5.95 Å². The van der Waals surface area contributed by atoms with Crippen molar-refractivity contribution in [3.63, 3.8) is 0 Å². The Balaban J connectivity index is 1.42. The molecular weight excluding hydrogens is 576 g/mol. The van der Waals surface area contributed by atoms with Gasteiger partial charge >= 0.3 is 0 Å². The Bertz CT molecular complexity index is 2740. The van der Waals surface area contributed by atoms with Crippen molar-refractivity contribution in [2.24, 2.45) is 0 Å². The molecule has 5 nitrogen and oxygen atoms in total. The normalized spacial score (nSPS) is 12.2. The highest BCUT2D eigenvalue weighted by Crippen LogP contribution is 2.47. The van der Waals surface area contributed by atoms with Gasteiger partial charge in [0.05, 0.1) is 38.8 Å². The molecule has 1 aliphatic heterocycles. The average Bonchev–Trinajstić information content (AvgIpc) is 3.61. The van der Waals surface area contributed by atoms with Crippen molar-refractivity contribution >= 4 is 43.6 Å². The van der Waals surface area contributed by atoms with Gasteiger partial charge in [-0.3, -0.25) is 4.57 Å². The van der Waals surface area contributed by atoms with Crippen molar-refractivity contribution in [1.82, 2.24) is 19.1 Å². The highest BCUT2D eigenvalue weighted by atomic mass is 16.5. The molecule has 47 heavy (non-hydrogen) atoms. The maximum absolute atomic E-state index is 6.34. The zero-order valence-electron chi connectivity index (χ0n) is 25.9. The molecule has 0 radical (unpaired) electrons. The molecule has 0 saturated carbocycles. The Kier molecular flexibility index (Phi) is 5.35. The van der Waals surface area contributed by atoms with Crippen LogP contribution in [-0.4, -0.2) is 19.1 Å². The van der Waals surface area contributed by atoms with Crippen LogP contribution in [0.1, 0.15) is 11.1 Å². The summed E-state index contributed by atoms with van der Waals surface area (Å²) in [6, 6.07) is 46.7. The van der Waals surface area contributed by atoms with E-state index in [1.807, 2.05) is 30.3 Å². The van der Waals surface area contributed by atoms with Gasteiger partial charge in [-0.15, -0.1) is 0 Å². The number of fused-ring (bicyclic) bond motifs is 7.